The first kappa shape index (κ1) is 30.4. The highest BCUT2D eigenvalue weighted by Crippen LogP contribution is 2.39. The standard InChI is InChI=1S/C36H22O8S2/c37-33(38)25-5-1-3-23-29(17-15-27(31(23)25)35(41)42)45-21-11-7-19(8-12-21)20-9-13-22(14-10-20)46-30-18-16-28(36(43)44)32-24(30)4-2-6-26(32)34(39)40/h1-18H,(H,37,38)(H,39,40)(H,41,42)(H,43,44). The summed E-state index contributed by atoms with van der Waals surface area (Å²) in [7, 11) is 0. The molecule has 226 valence electrons. The highest BCUT2D eigenvalue weighted by Gasteiger charge is 2.20. The van der Waals surface area contributed by atoms with Gasteiger partial charge in [0, 0.05) is 30.4 Å². The number of carboxylic acid groups (broad SMARTS) is 4. The minimum atomic E-state index is -1.19. The average molecular weight is 647 g/mol. The molecule has 0 aromatic heterocycles. The molecule has 8 nitrogen and oxygen atoms in total. The van der Waals surface area contributed by atoms with Crippen molar-refractivity contribution in [3.8, 4) is 11.1 Å². The number of benzene rings is 6. The predicted molar refractivity (Wildman–Crippen MR) is 176 cm³/mol. The van der Waals surface area contributed by atoms with Crippen molar-refractivity contribution in [3.05, 3.63) is 131 Å². The van der Waals surface area contributed by atoms with Crippen LogP contribution < -0.4 is 0 Å². The van der Waals surface area contributed by atoms with Gasteiger partial charge in [-0.05, 0) is 82.6 Å². The Kier molecular flexibility index (Phi) is 8.23. The molecule has 0 aliphatic carbocycles. The second kappa shape index (κ2) is 12.4. The van der Waals surface area contributed by atoms with E-state index in [0.717, 1.165) is 30.7 Å². The molecule has 6 aromatic rings. The maximum atomic E-state index is 11.8. The monoisotopic (exact) mass is 646 g/mol. The van der Waals surface area contributed by atoms with E-state index in [2.05, 4.69) is 0 Å². The number of carbonyl (C=O) groups is 4. The Morgan fingerprint density at radius 3 is 1.04 bits per heavy atom. The Morgan fingerprint density at radius 1 is 0.391 bits per heavy atom. The van der Waals surface area contributed by atoms with Gasteiger partial charge in [0.1, 0.15) is 0 Å². The van der Waals surface area contributed by atoms with Crippen molar-refractivity contribution >= 4 is 68.9 Å². The smallest absolute Gasteiger partial charge is 0.336 e. The third kappa shape index (κ3) is 5.79. The van der Waals surface area contributed by atoms with Gasteiger partial charge < -0.3 is 20.4 Å². The minimum absolute atomic E-state index is 0.0650. The SMILES string of the molecule is O=C(O)c1cccc2c(Sc3ccc(-c4ccc(Sc5ccc(C(=O)O)c6c(C(=O)O)cccc56)cc4)cc3)ccc(C(=O)O)c12. The molecule has 4 N–H and O–H groups in total. The molecular formula is C36H22O8S2. The molecule has 0 aliphatic heterocycles. The number of fused-ring (bicyclic) bond motifs is 2. The first-order valence-electron chi connectivity index (χ1n) is 13.7. The maximum absolute atomic E-state index is 11.8. The van der Waals surface area contributed by atoms with Crippen LogP contribution in [0.3, 0.4) is 0 Å². The topological polar surface area (TPSA) is 149 Å². The highest BCUT2D eigenvalue weighted by molar-refractivity contribution is 7.99. The number of rotatable bonds is 9. The van der Waals surface area contributed by atoms with Crippen LogP contribution in [0.2, 0.25) is 0 Å². The van der Waals surface area contributed by atoms with Crippen molar-refractivity contribution in [2.45, 2.75) is 19.6 Å². The number of carboxylic acids is 4. The second-order valence-electron chi connectivity index (χ2n) is 10.2. The van der Waals surface area contributed by atoms with Gasteiger partial charge in [0.25, 0.3) is 0 Å². The predicted octanol–water partition coefficient (Wildman–Crippen LogP) is 8.76. The van der Waals surface area contributed by atoms with Crippen molar-refractivity contribution in [3.63, 3.8) is 0 Å². The summed E-state index contributed by atoms with van der Waals surface area (Å²) in [6, 6.07) is 31.3. The van der Waals surface area contributed by atoms with E-state index in [-0.39, 0.29) is 33.0 Å². The third-order valence-corrected chi connectivity index (χ3v) is 9.59. The van der Waals surface area contributed by atoms with E-state index in [0.29, 0.717) is 10.8 Å². The summed E-state index contributed by atoms with van der Waals surface area (Å²) >= 11 is 2.82. The molecule has 46 heavy (non-hydrogen) atoms. The molecule has 0 radical (unpaired) electrons. The normalized spacial score (nSPS) is 11.0. The van der Waals surface area contributed by atoms with Crippen molar-refractivity contribution in [1.82, 2.24) is 0 Å². The first-order valence-corrected chi connectivity index (χ1v) is 15.4. The zero-order valence-electron chi connectivity index (χ0n) is 23.6. The van der Waals surface area contributed by atoms with Crippen LogP contribution >= 0.6 is 23.5 Å². The summed E-state index contributed by atoms with van der Waals surface area (Å²) in [5, 5.41) is 40.1. The average Bonchev–Trinajstić information content (AvgIpc) is 3.04. The molecule has 6 rings (SSSR count). The van der Waals surface area contributed by atoms with Crippen molar-refractivity contribution in [1.29, 1.82) is 0 Å². The summed E-state index contributed by atoms with van der Waals surface area (Å²) < 4.78 is 0. The Labute approximate surface area is 269 Å². The van der Waals surface area contributed by atoms with Crippen LogP contribution in [-0.4, -0.2) is 44.3 Å². The van der Waals surface area contributed by atoms with E-state index in [1.54, 1.807) is 36.4 Å². The Morgan fingerprint density at radius 2 is 0.717 bits per heavy atom. The summed E-state index contributed by atoms with van der Waals surface area (Å²) in [4.78, 5) is 50.5. The highest BCUT2D eigenvalue weighted by atomic mass is 32.2. The van der Waals surface area contributed by atoms with Crippen molar-refractivity contribution in [2.75, 3.05) is 0 Å². The van der Waals surface area contributed by atoms with Crippen molar-refractivity contribution < 1.29 is 39.6 Å². The summed E-state index contributed by atoms with van der Waals surface area (Å²) in [5.74, 6) is -4.77. The lowest BCUT2D eigenvalue weighted by molar-refractivity contribution is 0.0681. The number of hydrogen-bond donors (Lipinski definition) is 4. The summed E-state index contributed by atoms with van der Waals surface area (Å²) in [6.45, 7) is 0. The fourth-order valence-corrected chi connectivity index (χ4v) is 7.22. The molecule has 0 saturated carbocycles. The van der Waals surface area contributed by atoms with Crippen molar-refractivity contribution in [2.24, 2.45) is 0 Å². The molecule has 6 aromatic carbocycles. The molecule has 0 unspecified atom stereocenters. The second-order valence-corrected chi connectivity index (χ2v) is 12.4. The first-order chi connectivity index (χ1) is 22.1. The molecule has 0 atom stereocenters. The van der Waals surface area contributed by atoms with Crippen LogP contribution in [0, 0.1) is 0 Å². The van der Waals surface area contributed by atoms with E-state index >= 15 is 0 Å². The van der Waals surface area contributed by atoms with Crippen LogP contribution in [0.25, 0.3) is 32.7 Å². The Balaban J connectivity index is 1.25. The van der Waals surface area contributed by atoms with Crippen LogP contribution in [0.4, 0.5) is 0 Å². The third-order valence-electron chi connectivity index (χ3n) is 7.42. The Hall–Kier alpha value is -5.58. The lowest BCUT2D eigenvalue weighted by Gasteiger charge is -2.12. The van der Waals surface area contributed by atoms with Gasteiger partial charge in [0.05, 0.1) is 22.3 Å². The van der Waals surface area contributed by atoms with Crippen LogP contribution in [0.5, 0.6) is 0 Å². The lowest BCUT2D eigenvalue weighted by Crippen LogP contribution is -2.04. The van der Waals surface area contributed by atoms with E-state index in [1.807, 2.05) is 48.5 Å². The van der Waals surface area contributed by atoms with Gasteiger partial charge in [0.2, 0.25) is 0 Å². The zero-order valence-corrected chi connectivity index (χ0v) is 25.3. The van der Waals surface area contributed by atoms with Crippen LogP contribution in [0.1, 0.15) is 41.4 Å². The quantitative estimate of drug-likeness (QED) is 0.120. The maximum Gasteiger partial charge on any atom is 0.336 e. The van der Waals surface area contributed by atoms with E-state index in [4.69, 9.17) is 0 Å². The van der Waals surface area contributed by atoms with Gasteiger partial charge in [-0.3, -0.25) is 0 Å². The number of aromatic carboxylic acids is 4. The lowest BCUT2D eigenvalue weighted by atomic mass is 9.99. The van der Waals surface area contributed by atoms with E-state index < -0.39 is 23.9 Å². The van der Waals surface area contributed by atoms with Gasteiger partial charge in [-0.25, -0.2) is 19.2 Å². The van der Waals surface area contributed by atoms with Crippen LogP contribution in [-0.2, 0) is 0 Å². The molecule has 0 bridgehead atoms. The molecule has 10 heteroatoms. The largest absolute Gasteiger partial charge is 0.478 e. The van der Waals surface area contributed by atoms with Gasteiger partial charge in [-0.1, -0.05) is 72.1 Å². The molecular weight excluding hydrogens is 625 g/mol. The molecule has 0 heterocycles. The molecule has 0 amide bonds. The molecule has 0 spiro atoms. The Bertz CT molecular complexity index is 2010. The van der Waals surface area contributed by atoms with Crippen LogP contribution in [0.15, 0.2) is 129 Å². The van der Waals surface area contributed by atoms with Gasteiger partial charge in [-0.2, -0.15) is 0 Å². The summed E-state index contributed by atoms with van der Waals surface area (Å²) in [6.07, 6.45) is 0. The van der Waals surface area contributed by atoms with Gasteiger partial charge >= 0.3 is 23.9 Å². The fraction of sp³-hybridized carbons (Fsp3) is 0. The zero-order chi connectivity index (χ0) is 32.5. The number of hydrogen-bond acceptors (Lipinski definition) is 6. The van der Waals surface area contributed by atoms with E-state index in [9.17, 15) is 39.6 Å². The fourth-order valence-electron chi connectivity index (χ4n) is 5.34. The molecule has 0 aliphatic rings. The molecule has 0 fully saturated rings. The van der Waals surface area contributed by atoms with E-state index in [1.165, 1.54) is 47.8 Å². The van der Waals surface area contributed by atoms with Gasteiger partial charge in [-0.15, -0.1) is 0 Å². The summed E-state index contributed by atoms with van der Waals surface area (Å²) in [5.41, 5.74) is 1.66. The minimum Gasteiger partial charge on any atom is -0.478 e. The molecule has 0 saturated heterocycles. The van der Waals surface area contributed by atoms with Gasteiger partial charge in [0.15, 0.2) is 0 Å².